The summed E-state index contributed by atoms with van der Waals surface area (Å²) in [7, 11) is 1.59. The molecule has 0 saturated heterocycles. The van der Waals surface area contributed by atoms with Crippen molar-refractivity contribution in [2.45, 2.75) is 44.8 Å². The minimum atomic E-state index is -0.438. The van der Waals surface area contributed by atoms with Gasteiger partial charge in [0.25, 0.3) is 0 Å². The molecule has 1 aliphatic rings. The van der Waals surface area contributed by atoms with Crippen LogP contribution < -0.4 is 9.47 Å². The van der Waals surface area contributed by atoms with E-state index in [0.717, 1.165) is 6.42 Å². The molecule has 0 radical (unpaired) electrons. The van der Waals surface area contributed by atoms with Crippen molar-refractivity contribution < 1.29 is 19.7 Å². The molecule has 1 aromatic carbocycles. The van der Waals surface area contributed by atoms with Gasteiger partial charge in [-0.2, -0.15) is 0 Å². The number of aliphatic hydroxyl groups is 2. The summed E-state index contributed by atoms with van der Waals surface area (Å²) >= 11 is 0. The Balaban J connectivity index is 1.86. The van der Waals surface area contributed by atoms with Crippen LogP contribution in [-0.4, -0.2) is 30.0 Å². The van der Waals surface area contributed by atoms with E-state index in [2.05, 4.69) is 0 Å². The Labute approximate surface area is 120 Å². The predicted molar refractivity (Wildman–Crippen MR) is 77.0 cm³/mol. The number of rotatable bonds is 7. The minimum absolute atomic E-state index is 0.106. The Morgan fingerprint density at radius 3 is 2.70 bits per heavy atom. The Hall–Kier alpha value is -1.26. The molecular weight excluding hydrogens is 256 g/mol. The van der Waals surface area contributed by atoms with Gasteiger partial charge in [-0.1, -0.05) is 25.7 Å². The second-order valence-corrected chi connectivity index (χ2v) is 5.48. The average molecular weight is 280 g/mol. The number of methoxy groups -OCH3 is 1. The number of hydrogen-bond acceptors (Lipinski definition) is 4. The van der Waals surface area contributed by atoms with E-state index in [4.69, 9.17) is 9.47 Å². The molecule has 0 aromatic heterocycles. The molecule has 2 rings (SSSR count). The Morgan fingerprint density at radius 2 is 2.05 bits per heavy atom. The molecule has 1 aliphatic carbocycles. The summed E-state index contributed by atoms with van der Waals surface area (Å²) in [6.45, 7) is 0.168. The van der Waals surface area contributed by atoms with E-state index in [1.807, 2.05) is 0 Å². The van der Waals surface area contributed by atoms with Gasteiger partial charge in [-0.05, 0) is 30.5 Å². The molecule has 0 aliphatic heterocycles. The maximum Gasteiger partial charge on any atom is 0.125 e. The fourth-order valence-corrected chi connectivity index (χ4v) is 2.83. The van der Waals surface area contributed by atoms with Crippen LogP contribution in [0.25, 0.3) is 0 Å². The maximum atomic E-state index is 10.0. The zero-order valence-corrected chi connectivity index (χ0v) is 12.0. The summed E-state index contributed by atoms with van der Waals surface area (Å²) in [4.78, 5) is 0. The second-order valence-electron chi connectivity index (χ2n) is 5.48. The number of aliphatic hydroxyl groups excluding tert-OH is 2. The van der Waals surface area contributed by atoms with E-state index in [0.29, 0.717) is 23.0 Å². The molecule has 0 heterocycles. The third kappa shape index (κ3) is 4.12. The maximum absolute atomic E-state index is 10.0. The van der Waals surface area contributed by atoms with E-state index in [1.54, 1.807) is 25.3 Å². The molecule has 4 heteroatoms. The summed E-state index contributed by atoms with van der Waals surface area (Å²) in [5.41, 5.74) is 0.678. The van der Waals surface area contributed by atoms with Crippen LogP contribution in [0.1, 0.15) is 37.7 Å². The van der Waals surface area contributed by atoms with E-state index in [9.17, 15) is 10.2 Å². The van der Waals surface area contributed by atoms with Crippen LogP contribution in [0, 0.1) is 5.92 Å². The van der Waals surface area contributed by atoms with Gasteiger partial charge in [0.1, 0.15) is 18.1 Å². The smallest absolute Gasteiger partial charge is 0.125 e. The molecule has 1 unspecified atom stereocenters. The molecular formula is C16H24O4. The van der Waals surface area contributed by atoms with Crippen LogP contribution in [0.5, 0.6) is 11.5 Å². The van der Waals surface area contributed by atoms with Crippen molar-refractivity contribution in [3.8, 4) is 11.5 Å². The average Bonchev–Trinajstić information content (AvgIpc) is 2.97. The number of ether oxygens (including phenoxy) is 2. The fraction of sp³-hybridized carbons (Fsp3) is 0.625. The monoisotopic (exact) mass is 280 g/mol. The van der Waals surface area contributed by atoms with Gasteiger partial charge in [0.2, 0.25) is 0 Å². The lowest BCUT2D eigenvalue weighted by atomic mass is 10.0. The lowest BCUT2D eigenvalue weighted by molar-refractivity contribution is 0.0843. The molecule has 0 bridgehead atoms. The first kappa shape index (κ1) is 15.1. The van der Waals surface area contributed by atoms with E-state index >= 15 is 0 Å². The molecule has 1 saturated carbocycles. The van der Waals surface area contributed by atoms with Gasteiger partial charge in [0, 0.05) is 5.56 Å². The molecule has 20 heavy (non-hydrogen) atoms. The normalized spacial score (nSPS) is 17.1. The van der Waals surface area contributed by atoms with E-state index < -0.39 is 6.10 Å². The number of benzene rings is 1. The van der Waals surface area contributed by atoms with Crippen LogP contribution in [0.4, 0.5) is 0 Å². The second kappa shape index (κ2) is 7.50. The van der Waals surface area contributed by atoms with Gasteiger partial charge in [-0.15, -0.1) is 0 Å². The summed E-state index contributed by atoms with van der Waals surface area (Å²) in [6.07, 6.45) is 5.39. The first-order valence-corrected chi connectivity index (χ1v) is 7.31. The highest BCUT2D eigenvalue weighted by molar-refractivity contribution is 5.39. The standard InChI is InChI=1S/C16H24O4/c1-19-15-6-7-16(13(9-15)10-17)20-11-14(18)8-12-4-2-3-5-12/h6-7,9,12,14,17-18H,2-5,8,10-11H2,1H3. The first-order valence-electron chi connectivity index (χ1n) is 7.31. The fourth-order valence-electron chi connectivity index (χ4n) is 2.83. The first-order chi connectivity index (χ1) is 9.72. The van der Waals surface area contributed by atoms with Gasteiger partial charge in [0.15, 0.2) is 0 Å². The summed E-state index contributed by atoms with van der Waals surface area (Å²) in [6, 6.07) is 5.31. The van der Waals surface area contributed by atoms with Crippen LogP contribution in [0.2, 0.25) is 0 Å². The van der Waals surface area contributed by atoms with Crippen LogP contribution in [-0.2, 0) is 6.61 Å². The highest BCUT2D eigenvalue weighted by Gasteiger charge is 2.19. The molecule has 0 spiro atoms. The van der Waals surface area contributed by atoms with E-state index in [1.165, 1.54) is 25.7 Å². The molecule has 2 N–H and O–H groups in total. The third-order valence-electron chi connectivity index (χ3n) is 3.95. The van der Waals surface area contributed by atoms with Gasteiger partial charge >= 0.3 is 0 Å². The summed E-state index contributed by atoms with van der Waals surface area (Å²) < 4.78 is 10.7. The van der Waals surface area contributed by atoms with Crippen molar-refractivity contribution >= 4 is 0 Å². The molecule has 0 amide bonds. The summed E-state index contributed by atoms with van der Waals surface area (Å²) in [5.74, 6) is 1.94. The zero-order chi connectivity index (χ0) is 14.4. The van der Waals surface area contributed by atoms with Crippen molar-refractivity contribution in [2.75, 3.05) is 13.7 Å². The molecule has 1 fully saturated rings. The molecule has 1 aromatic rings. The highest BCUT2D eigenvalue weighted by atomic mass is 16.5. The minimum Gasteiger partial charge on any atom is -0.497 e. The lowest BCUT2D eigenvalue weighted by Crippen LogP contribution is -2.20. The number of hydrogen-bond donors (Lipinski definition) is 2. The topological polar surface area (TPSA) is 58.9 Å². The van der Waals surface area contributed by atoms with Crippen molar-refractivity contribution in [3.05, 3.63) is 23.8 Å². The van der Waals surface area contributed by atoms with E-state index in [-0.39, 0.29) is 13.2 Å². The van der Waals surface area contributed by atoms with Crippen LogP contribution >= 0.6 is 0 Å². The van der Waals surface area contributed by atoms with Gasteiger partial charge in [-0.3, -0.25) is 0 Å². The van der Waals surface area contributed by atoms with Crippen molar-refractivity contribution in [1.82, 2.24) is 0 Å². The summed E-state index contributed by atoms with van der Waals surface area (Å²) in [5, 5.41) is 19.4. The van der Waals surface area contributed by atoms with Crippen molar-refractivity contribution in [1.29, 1.82) is 0 Å². The highest BCUT2D eigenvalue weighted by Crippen LogP contribution is 2.29. The van der Waals surface area contributed by atoms with Gasteiger partial charge in [0.05, 0.1) is 19.8 Å². The van der Waals surface area contributed by atoms with Gasteiger partial charge in [-0.25, -0.2) is 0 Å². The van der Waals surface area contributed by atoms with Crippen LogP contribution in [0.15, 0.2) is 18.2 Å². The molecule has 112 valence electrons. The quantitative estimate of drug-likeness (QED) is 0.805. The molecule has 1 atom stereocenters. The molecule has 4 nitrogen and oxygen atoms in total. The van der Waals surface area contributed by atoms with Gasteiger partial charge < -0.3 is 19.7 Å². The largest absolute Gasteiger partial charge is 0.497 e. The zero-order valence-electron chi connectivity index (χ0n) is 12.0. The Kier molecular flexibility index (Phi) is 5.68. The van der Waals surface area contributed by atoms with Crippen molar-refractivity contribution in [2.24, 2.45) is 5.92 Å². The van der Waals surface area contributed by atoms with Crippen molar-refractivity contribution in [3.63, 3.8) is 0 Å². The lowest BCUT2D eigenvalue weighted by Gasteiger charge is -2.17. The van der Waals surface area contributed by atoms with Crippen LogP contribution in [0.3, 0.4) is 0 Å². The Morgan fingerprint density at radius 1 is 1.30 bits per heavy atom. The third-order valence-corrected chi connectivity index (χ3v) is 3.95. The Bertz CT molecular complexity index is 413. The SMILES string of the molecule is COc1ccc(OCC(O)CC2CCCC2)c(CO)c1. The predicted octanol–water partition coefficient (Wildman–Crippen LogP) is 2.51.